The highest BCUT2D eigenvalue weighted by Gasteiger charge is 2.32. The summed E-state index contributed by atoms with van der Waals surface area (Å²) in [5, 5.41) is 8.73. The molecular weight excluding hydrogens is 206 g/mol. The van der Waals surface area contributed by atoms with Gasteiger partial charge in [-0.25, -0.2) is 0 Å². The Balaban J connectivity index is 3.98. The maximum atomic E-state index is 10.6. The first-order valence-corrected chi connectivity index (χ1v) is 6.41. The minimum atomic E-state index is -0.929. The molecule has 0 aliphatic carbocycles. The van der Waals surface area contributed by atoms with Gasteiger partial charge in [-0.2, -0.15) is 23.5 Å². The van der Waals surface area contributed by atoms with Gasteiger partial charge in [-0.3, -0.25) is 4.79 Å². The quantitative estimate of drug-likeness (QED) is 0.664. The molecule has 0 aliphatic rings. The van der Waals surface area contributed by atoms with Gasteiger partial charge in [0.2, 0.25) is 0 Å². The zero-order valence-electron chi connectivity index (χ0n) is 8.24. The van der Waals surface area contributed by atoms with Crippen molar-refractivity contribution in [2.75, 3.05) is 17.8 Å². The van der Waals surface area contributed by atoms with Crippen LogP contribution in [0.4, 0.5) is 0 Å². The molecule has 3 nitrogen and oxygen atoms in total. The lowest BCUT2D eigenvalue weighted by molar-refractivity contribution is -0.139. The van der Waals surface area contributed by atoms with Gasteiger partial charge >= 0.3 is 5.97 Å². The van der Waals surface area contributed by atoms with Crippen LogP contribution in [-0.4, -0.2) is 39.6 Å². The van der Waals surface area contributed by atoms with Gasteiger partial charge in [0, 0.05) is 16.3 Å². The number of carboxylic acid groups (broad SMARTS) is 1. The van der Waals surface area contributed by atoms with Gasteiger partial charge in [-0.15, -0.1) is 0 Å². The monoisotopic (exact) mass is 223 g/mol. The van der Waals surface area contributed by atoms with Crippen molar-refractivity contribution in [1.82, 2.24) is 0 Å². The van der Waals surface area contributed by atoms with E-state index in [1.54, 1.807) is 23.5 Å². The molecule has 0 unspecified atom stereocenters. The lowest BCUT2D eigenvalue weighted by Gasteiger charge is -2.27. The predicted octanol–water partition coefficient (Wildman–Crippen LogP) is 1.27. The van der Waals surface area contributed by atoms with Gasteiger partial charge in [0.15, 0.2) is 0 Å². The Morgan fingerprint density at radius 1 is 1.54 bits per heavy atom. The molecule has 5 heteroatoms. The lowest BCUT2D eigenvalue weighted by atomic mass is 10.1. The van der Waals surface area contributed by atoms with E-state index in [0.717, 1.165) is 11.5 Å². The summed E-state index contributed by atoms with van der Waals surface area (Å²) in [6.45, 7) is 3.74. The molecule has 0 amide bonds. The van der Waals surface area contributed by atoms with Gasteiger partial charge in [0.05, 0.1) is 0 Å². The minimum absolute atomic E-state index is 0.387. The summed E-state index contributed by atoms with van der Waals surface area (Å²) in [6, 6.07) is -0.792. The van der Waals surface area contributed by atoms with Crippen LogP contribution in [0.25, 0.3) is 0 Å². The zero-order valence-corrected chi connectivity index (χ0v) is 9.87. The Kier molecular flexibility index (Phi) is 5.83. The molecule has 0 fully saturated rings. The summed E-state index contributed by atoms with van der Waals surface area (Å²) in [5.74, 6) is 1.04. The van der Waals surface area contributed by atoms with Crippen molar-refractivity contribution in [3.8, 4) is 0 Å². The van der Waals surface area contributed by atoms with Crippen molar-refractivity contribution in [3.05, 3.63) is 0 Å². The number of hydrogen-bond acceptors (Lipinski definition) is 4. The van der Waals surface area contributed by atoms with Crippen LogP contribution in [0.3, 0.4) is 0 Å². The molecule has 0 aromatic heterocycles. The summed E-state index contributed by atoms with van der Waals surface area (Å²) in [7, 11) is 0. The standard InChI is InChI=1S/C8H17NO2S2/c1-8(2,6(9)7(10)11)13-5-4-12-3/h6H,4-5,9H2,1-3H3,(H,10,11)/t6-/m1/s1. The van der Waals surface area contributed by atoms with Crippen LogP contribution in [0.15, 0.2) is 0 Å². The van der Waals surface area contributed by atoms with Crippen LogP contribution >= 0.6 is 23.5 Å². The topological polar surface area (TPSA) is 63.3 Å². The van der Waals surface area contributed by atoms with Crippen molar-refractivity contribution in [3.63, 3.8) is 0 Å². The van der Waals surface area contributed by atoms with Gasteiger partial charge in [-0.05, 0) is 20.1 Å². The van der Waals surface area contributed by atoms with Crippen molar-refractivity contribution in [1.29, 1.82) is 0 Å². The first-order chi connectivity index (χ1) is 5.91. The molecule has 78 valence electrons. The summed E-state index contributed by atoms with van der Waals surface area (Å²) in [6.07, 6.45) is 2.03. The SMILES string of the molecule is CSCCSC(C)(C)[C@H](N)C(=O)O. The third-order valence-electron chi connectivity index (χ3n) is 1.78. The van der Waals surface area contributed by atoms with Crippen molar-refractivity contribution >= 4 is 29.5 Å². The predicted molar refractivity (Wildman–Crippen MR) is 60.5 cm³/mol. The van der Waals surface area contributed by atoms with E-state index in [4.69, 9.17) is 10.8 Å². The molecule has 0 radical (unpaired) electrons. The van der Waals surface area contributed by atoms with E-state index in [2.05, 4.69) is 0 Å². The maximum Gasteiger partial charge on any atom is 0.321 e. The molecule has 13 heavy (non-hydrogen) atoms. The molecule has 3 N–H and O–H groups in total. The number of rotatable bonds is 6. The second kappa shape index (κ2) is 5.78. The third-order valence-corrected chi connectivity index (χ3v) is 4.05. The average Bonchev–Trinajstić information content (AvgIpc) is 2.03. The summed E-state index contributed by atoms with van der Waals surface area (Å²) >= 11 is 3.37. The molecule has 0 aliphatic heterocycles. The molecule has 0 saturated carbocycles. The fourth-order valence-electron chi connectivity index (χ4n) is 0.775. The Bertz CT molecular complexity index is 174. The number of aliphatic carboxylic acids is 1. The minimum Gasteiger partial charge on any atom is -0.480 e. The average molecular weight is 223 g/mol. The van der Waals surface area contributed by atoms with Gasteiger partial charge in [-0.1, -0.05) is 0 Å². The van der Waals surface area contributed by atoms with E-state index in [-0.39, 0.29) is 4.75 Å². The Hall–Kier alpha value is 0.130. The number of hydrogen-bond donors (Lipinski definition) is 2. The maximum absolute atomic E-state index is 10.6. The smallest absolute Gasteiger partial charge is 0.321 e. The van der Waals surface area contributed by atoms with E-state index in [1.807, 2.05) is 20.1 Å². The van der Waals surface area contributed by atoms with Gasteiger partial charge in [0.25, 0.3) is 0 Å². The fourth-order valence-corrected chi connectivity index (χ4v) is 2.58. The number of thioether (sulfide) groups is 2. The van der Waals surface area contributed by atoms with Gasteiger partial charge < -0.3 is 10.8 Å². The highest BCUT2D eigenvalue weighted by molar-refractivity contribution is 8.03. The molecule has 0 spiro atoms. The first kappa shape index (κ1) is 13.1. The van der Waals surface area contributed by atoms with Crippen LogP contribution in [0.5, 0.6) is 0 Å². The van der Waals surface area contributed by atoms with Crippen LogP contribution in [-0.2, 0) is 4.79 Å². The second-order valence-electron chi connectivity index (χ2n) is 3.26. The molecule has 1 atom stereocenters. The fraction of sp³-hybridized carbons (Fsp3) is 0.875. The first-order valence-electron chi connectivity index (χ1n) is 4.03. The van der Waals surface area contributed by atoms with Crippen LogP contribution in [0, 0.1) is 0 Å². The summed E-state index contributed by atoms with van der Waals surface area (Å²) in [5.41, 5.74) is 5.55. The molecular formula is C8H17NO2S2. The van der Waals surface area contributed by atoms with Gasteiger partial charge in [0.1, 0.15) is 6.04 Å². The summed E-state index contributed by atoms with van der Waals surface area (Å²) < 4.78 is -0.387. The lowest BCUT2D eigenvalue weighted by Crippen LogP contribution is -2.46. The van der Waals surface area contributed by atoms with E-state index < -0.39 is 12.0 Å². The third kappa shape index (κ3) is 4.78. The number of nitrogens with two attached hydrogens (primary N) is 1. The second-order valence-corrected chi connectivity index (χ2v) is 6.00. The normalized spacial score (nSPS) is 14.2. The van der Waals surface area contributed by atoms with Crippen LogP contribution in [0.2, 0.25) is 0 Å². The summed E-state index contributed by atoms with van der Waals surface area (Å²) in [4.78, 5) is 10.6. The molecule has 0 aromatic rings. The van der Waals surface area contributed by atoms with E-state index in [0.29, 0.717) is 0 Å². The Labute approximate surface area is 87.8 Å². The van der Waals surface area contributed by atoms with Crippen molar-refractivity contribution in [2.45, 2.75) is 24.6 Å². The van der Waals surface area contributed by atoms with E-state index in [1.165, 1.54) is 0 Å². The van der Waals surface area contributed by atoms with Crippen molar-refractivity contribution in [2.24, 2.45) is 5.73 Å². The highest BCUT2D eigenvalue weighted by Crippen LogP contribution is 2.27. The Morgan fingerprint density at radius 3 is 2.46 bits per heavy atom. The molecule has 0 bridgehead atoms. The number of carboxylic acids is 1. The largest absolute Gasteiger partial charge is 0.480 e. The van der Waals surface area contributed by atoms with Crippen LogP contribution in [0.1, 0.15) is 13.8 Å². The zero-order chi connectivity index (χ0) is 10.5. The molecule has 0 rings (SSSR count). The highest BCUT2D eigenvalue weighted by atomic mass is 32.2. The van der Waals surface area contributed by atoms with Crippen LogP contribution < -0.4 is 5.73 Å². The van der Waals surface area contributed by atoms with E-state index >= 15 is 0 Å². The van der Waals surface area contributed by atoms with E-state index in [9.17, 15) is 4.79 Å². The molecule has 0 heterocycles. The Morgan fingerprint density at radius 2 is 2.08 bits per heavy atom. The van der Waals surface area contributed by atoms with Crippen molar-refractivity contribution < 1.29 is 9.90 Å². The molecule has 0 saturated heterocycles. The molecule has 0 aromatic carbocycles. The number of carbonyl (C=O) groups is 1.